The Hall–Kier alpha value is -2.04. The summed E-state index contributed by atoms with van der Waals surface area (Å²) in [6.07, 6.45) is 0. The fourth-order valence-corrected chi connectivity index (χ4v) is 1.94. The predicted octanol–water partition coefficient (Wildman–Crippen LogP) is 1.86. The number of amides is 1. The molecule has 1 fully saturated rings. The molecule has 1 atom stereocenters. The molecular formula is C15H21N3O2. The van der Waals surface area contributed by atoms with Gasteiger partial charge in [0.15, 0.2) is 5.96 Å². The minimum absolute atomic E-state index is 0.0725. The number of carbonyl (C=O) groups is 1. The van der Waals surface area contributed by atoms with E-state index in [-0.39, 0.29) is 11.9 Å². The van der Waals surface area contributed by atoms with Gasteiger partial charge in [-0.1, -0.05) is 26.0 Å². The Balaban J connectivity index is 2.05. The summed E-state index contributed by atoms with van der Waals surface area (Å²) >= 11 is 0. The van der Waals surface area contributed by atoms with Crippen molar-refractivity contribution in [1.29, 1.82) is 0 Å². The van der Waals surface area contributed by atoms with Gasteiger partial charge in [0, 0.05) is 6.54 Å². The van der Waals surface area contributed by atoms with Crippen LogP contribution in [0.25, 0.3) is 0 Å². The Morgan fingerprint density at radius 1 is 1.30 bits per heavy atom. The van der Waals surface area contributed by atoms with Gasteiger partial charge in [0.25, 0.3) is 5.91 Å². The zero-order chi connectivity index (χ0) is 14.5. The van der Waals surface area contributed by atoms with Gasteiger partial charge < -0.3 is 10.1 Å². The monoisotopic (exact) mass is 275 g/mol. The largest absolute Gasteiger partial charge is 0.494 e. The highest BCUT2D eigenvalue weighted by molar-refractivity contribution is 6.06. The van der Waals surface area contributed by atoms with E-state index in [4.69, 9.17) is 4.74 Å². The number of hydrogen-bond acceptors (Lipinski definition) is 3. The van der Waals surface area contributed by atoms with Gasteiger partial charge in [-0.3, -0.25) is 15.1 Å². The molecule has 0 radical (unpaired) electrons. The molecule has 2 rings (SSSR count). The quantitative estimate of drug-likeness (QED) is 0.862. The number of benzene rings is 1. The first-order valence-corrected chi connectivity index (χ1v) is 6.94. The topological polar surface area (TPSA) is 62.7 Å². The molecule has 1 aromatic rings. The van der Waals surface area contributed by atoms with E-state index in [9.17, 15) is 4.79 Å². The first-order valence-electron chi connectivity index (χ1n) is 6.94. The van der Waals surface area contributed by atoms with Crippen LogP contribution in [-0.2, 0) is 4.79 Å². The van der Waals surface area contributed by atoms with Crippen LogP contribution in [-0.4, -0.2) is 25.0 Å². The van der Waals surface area contributed by atoms with Crippen molar-refractivity contribution in [1.82, 2.24) is 10.6 Å². The third-order valence-electron chi connectivity index (χ3n) is 2.92. The second kappa shape index (κ2) is 6.41. The number of guanidine groups is 1. The second-order valence-corrected chi connectivity index (χ2v) is 5.15. The van der Waals surface area contributed by atoms with Crippen LogP contribution in [0.2, 0.25) is 0 Å². The van der Waals surface area contributed by atoms with E-state index in [2.05, 4.69) is 29.5 Å². The fraction of sp³-hybridized carbons (Fsp3) is 0.467. The maximum atomic E-state index is 12.0. The number of hydrogen-bond donors (Lipinski definition) is 2. The Morgan fingerprint density at radius 2 is 2.00 bits per heavy atom. The van der Waals surface area contributed by atoms with Gasteiger partial charge in [-0.05, 0) is 30.5 Å². The van der Waals surface area contributed by atoms with Crippen LogP contribution in [0.5, 0.6) is 5.75 Å². The molecule has 0 spiro atoms. The molecule has 1 saturated heterocycles. The Labute approximate surface area is 119 Å². The Kier molecular flexibility index (Phi) is 4.61. The zero-order valence-electron chi connectivity index (χ0n) is 12.1. The molecule has 108 valence electrons. The van der Waals surface area contributed by atoms with Crippen LogP contribution in [0.3, 0.4) is 0 Å². The fourth-order valence-electron chi connectivity index (χ4n) is 1.94. The molecule has 5 heteroatoms. The van der Waals surface area contributed by atoms with Gasteiger partial charge in [-0.25, -0.2) is 0 Å². The van der Waals surface area contributed by atoms with Gasteiger partial charge in [-0.15, -0.1) is 0 Å². The average molecular weight is 275 g/mol. The number of aliphatic imine (C=N–C) groups is 1. The van der Waals surface area contributed by atoms with E-state index in [0.717, 1.165) is 11.3 Å². The maximum absolute atomic E-state index is 12.0. The number of rotatable bonds is 5. The van der Waals surface area contributed by atoms with E-state index in [1.54, 1.807) is 0 Å². The molecule has 1 aliphatic rings. The van der Waals surface area contributed by atoms with Crippen molar-refractivity contribution in [3.8, 4) is 5.75 Å². The summed E-state index contributed by atoms with van der Waals surface area (Å²) in [5, 5.41) is 5.88. The Bertz CT molecular complexity index is 494. The maximum Gasteiger partial charge on any atom is 0.253 e. The average Bonchev–Trinajstić information content (AvgIpc) is 2.79. The number of ether oxygens (including phenoxy) is 1. The second-order valence-electron chi connectivity index (χ2n) is 5.15. The number of nitrogens with zero attached hydrogens (tertiary/aromatic N) is 1. The van der Waals surface area contributed by atoms with Crippen molar-refractivity contribution in [3.05, 3.63) is 29.8 Å². The lowest BCUT2D eigenvalue weighted by Gasteiger charge is -2.09. The lowest BCUT2D eigenvalue weighted by molar-refractivity contribution is -0.120. The van der Waals surface area contributed by atoms with Crippen molar-refractivity contribution in [3.63, 3.8) is 0 Å². The molecule has 2 N–H and O–H groups in total. The van der Waals surface area contributed by atoms with Gasteiger partial charge >= 0.3 is 0 Å². The number of carbonyl (C=O) groups excluding carboxylic acids is 1. The van der Waals surface area contributed by atoms with Crippen LogP contribution in [0.15, 0.2) is 29.3 Å². The van der Waals surface area contributed by atoms with E-state index in [0.29, 0.717) is 25.0 Å². The molecule has 1 unspecified atom stereocenters. The molecule has 5 nitrogen and oxygen atoms in total. The van der Waals surface area contributed by atoms with Crippen LogP contribution < -0.4 is 15.4 Å². The summed E-state index contributed by atoms with van der Waals surface area (Å²) in [6.45, 7) is 7.44. The van der Waals surface area contributed by atoms with Crippen LogP contribution in [0.1, 0.15) is 32.4 Å². The molecule has 1 aromatic carbocycles. The SMILES string of the molecule is CCOc1ccc(C2NC(=NCC(C)C)NC2=O)cc1. The highest BCUT2D eigenvalue weighted by Crippen LogP contribution is 2.20. The van der Waals surface area contributed by atoms with Gasteiger partial charge in [0.2, 0.25) is 0 Å². The van der Waals surface area contributed by atoms with Crippen molar-refractivity contribution < 1.29 is 9.53 Å². The normalized spacial score (nSPS) is 20.1. The summed E-state index contributed by atoms with van der Waals surface area (Å²) in [5.41, 5.74) is 0.903. The van der Waals surface area contributed by atoms with E-state index < -0.39 is 0 Å². The highest BCUT2D eigenvalue weighted by atomic mass is 16.5. The first kappa shape index (κ1) is 14.4. The molecule has 20 heavy (non-hydrogen) atoms. The minimum Gasteiger partial charge on any atom is -0.494 e. The molecule has 0 bridgehead atoms. The standard InChI is InChI=1S/C15H21N3O2/c1-4-20-12-7-5-11(6-8-12)13-14(19)18-15(17-13)16-9-10(2)3/h5-8,10,13H,4,9H2,1-3H3,(H2,16,17,18,19). The first-order chi connectivity index (χ1) is 9.60. The molecule has 0 aliphatic carbocycles. The summed E-state index contributed by atoms with van der Waals surface area (Å²) in [4.78, 5) is 16.3. The number of nitrogens with one attached hydrogen (secondary N) is 2. The lowest BCUT2D eigenvalue weighted by Crippen LogP contribution is -2.26. The van der Waals surface area contributed by atoms with E-state index in [1.165, 1.54) is 0 Å². The van der Waals surface area contributed by atoms with Gasteiger partial charge in [-0.2, -0.15) is 0 Å². The lowest BCUT2D eigenvalue weighted by atomic mass is 10.1. The minimum atomic E-state index is -0.378. The summed E-state index contributed by atoms with van der Waals surface area (Å²) in [7, 11) is 0. The van der Waals surface area contributed by atoms with E-state index in [1.807, 2.05) is 31.2 Å². The predicted molar refractivity (Wildman–Crippen MR) is 78.8 cm³/mol. The third-order valence-corrected chi connectivity index (χ3v) is 2.92. The van der Waals surface area contributed by atoms with Crippen LogP contribution in [0.4, 0.5) is 0 Å². The van der Waals surface area contributed by atoms with E-state index >= 15 is 0 Å². The van der Waals surface area contributed by atoms with Crippen LogP contribution >= 0.6 is 0 Å². The molecular weight excluding hydrogens is 254 g/mol. The molecule has 1 heterocycles. The molecule has 1 amide bonds. The smallest absolute Gasteiger partial charge is 0.253 e. The summed E-state index contributed by atoms with van der Waals surface area (Å²) in [6, 6.07) is 7.16. The molecule has 1 aliphatic heterocycles. The van der Waals surface area contributed by atoms with Crippen LogP contribution in [0, 0.1) is 5.92 Å². The molecule has 0 saturated carbocycles. The zero-order valence-corrected chi connectivity index (χ0v) is 12.1. The highest BCUT2D eigenvalue weighted by Gasteiger charge is 2.29. The van der Waals surface area contributed by atoms with Crippen molar-refractivity contribution >= 4 is 11.9 Å². The summed E-state index contributed by atoms with van der Waals surface area (Å²) in [5.74, 6) is 1.76. The van der Waals surface area contributed by atoms with Gasteiger partial charge in [0.05, 0.1) is 6.61 Å². The van der Waals surface area contributed by atoms with Crippen molar-refractivity contribution in [2.24, 2.45) is 10.9 Å². The summed E-state index contributed by atoms with van der Waals surface area (Å²) < 4.78 is 5.39. The van der Waals surface area contributed by atoms with Crippen molar-refractivity contribution in [2.45, 2.75) is 26.8 Å². The van der Waals surface area contributed by atoms with Gasteiger partial charge in [0.1, 0.15) is 11.8 Å². The molecule has 0 aromatic heterocycles. The Morgan fingerprint density at radius 3 is 2.60 bits per heavy atom. The third kappa shape index (κ3) is 3.50. The van der Waals surface area contributed by atoms with Crippen molar-refractivity contribution in [2.75, 3.05) is 13.2 Å².